The fourth-order valence-electron chi connectivity index (χ4n) is 6.34. The maximum absolute atomic E-state index is 9.04. The number of hydrogen-bond donors (Lipinski definition) is 4. The highest BCUT2D eigenvalue weighted by molar-refractivity contribution is 5.93. The smallest absolute Gasteiger partial charge is 0.225 e. The number of fused-ring (bicyclic) bond motifs is 3. The van der Waals surface area contributed by atoms with Crippen molar-refractivity contribution in [2.75, 3.05) is 49.2 Å². The van der Waals surface area contributed by atoms with Crippen LogP contribution in [0.2, 0.25) is 0 Å². The summed E-state index contributed by atoms with van der Waals surface area (Å²) in [4.78, 5) is 14.7. The standard InChI is InChI=1S/C27H36N10/c1-17-10-25(35-34-17)32-26-23-7-4-19(29-14-18-15-36(2)16-18)13-24(23)31-27(33-26)30-20-11-21-5-6-22(12-20)37(21)9-3-8-28/h4,7,10,13,18,20-22,29H,3,5-6,9,11-12,14-16H2,1-2H3,(H3,30,31,32,33,34,35). The normalized spacial score (nSPS) is 24.1. The first-order chi connectivity index (χ1) is 18.0. The van der Waals surface area contributed by atoms with Gasteiger partial charge in [-0.2, -0.15) is 15.3 Å². The number of nitrogens with one attached hydrogen (secondary N) is 4. The number of anilines is 4. The van der Waals surface area contributed by atoms with Gasteiger partial charge in [0.25, 0.3) is 0 Å². The Hall–Kier alpha value is -3.42. The SMILES string of the molecule is Cc1cc(Nc2nc(NC3CC4CCC(C3)N4CCC#N)nc3cc(NCC4CN(C)C4)ccc23)n[nH]1. The second kappa shape index (κ2) is 10.1. The van der Waals surface area contributed by atoms with Crippen LogP contribution < -0.4 is 16.0 Å². The molecule has 37 heavy (non-hydrogen) atoms. The van der Waals surface area contributed by atoms with Gasteiger partial charge in [0, 0.05) is 79.5 Å². The van der Waals surface area contributed by atoms with E-state index in [0.717, 1.165) is 72.9 Å². The molecule has 3 aliphatic rings. The van der Waals surface area contributed by atoms with Gasteiger partial charge in [-0.15, -0.1) is 0 Å². The Labute approximate surface area is 217 Å². The molecule has 0 amide bonds. The van der Waals surface area contributed by atoms with Crippen LogP contribution in [0.4, 0.5) is 23.3 Å². The molecule has 3 aliphatic heterocycles. The maximum Gasteiger partial charge on any atom is 0.225 e. The van der Waals surface area contributed by atoms with Crippen LogP contribution in [0.25, 0.3) is 10.9 Å². The van der Waals surface area contributed by atoms with Crippen molar-refractivity contribution in [2.45, 2.75) is 57.2 Å². The molecular formula is C27H36N10. The van der Waals surface area contributed by atoms with Gasteiger partial charge >= 0.3 is 0 Å². The van der Waals surface area contributed by atoms with E-state index < -0.39 is 0 Å². The van der Waals surface area contributed by atoms with E-state index in [1.54, 1.807) is 0 Å². The van der Waals surface area contributed by atoms with Crippen molar-refractivity contribution in [1.29, 1.82) is 5.26 Å². The molecule has 0 aliphatic carbocycles. The second-order valence-electron chi connectivity index (χ2n) is 11.0. The van der Waals surface area contributed by atoms with Gasteiger partial charge in [-0.05, 0) is 57.9 Å². The highest BCUT2D eigenvalue weighted by atomic mass is 15.3. The van der Waals surface area contributed by atoms with E-state index in [-0.39, 0.29) is 0 Å². The van der Waals surface area contributed by atoms with Crippen LogP contribution in [0.1, 0.15) is 37.8 Å². The van der Waals surface area contributed by atoms with Crippen molar-refractivity contribution >= 4 is 34.2 Å². The second-order valence-corrected chi connectivity index (χ2v) is 11.0. The van der Waals surface area contributed by atoms with E-state index in [1.165, 1.54) is 12.8 Å². The van der Waals surface area contributed by atoms with Gasteiger partial charge in [0.05, 0.1) is 11.6 Å². The van der Waals surface area contributed by atoms with Crippen LogP contribution in [-0.4, -0.2) is 81.3 Å². The Morgan fingerprint density at radius 3 is 2.65 bits per heavy atom. The third kappa shape index (κ3) is 5.20. The summed E-state index contributed by atoms with van der Waals surface area (Å²) in [6.07, 6.45) is 5.15. The summed E-state index contributed by atoms with van der Waals surface area (Å²) in [5.41, 5.74) is 2.97. The van der Waals surface area contributed by atoms with Gasteiger partial charge in [-0.3, -0.25) is 10.00 Å². The van der Waals surface area contributed by atoms with Gasteiger partial charge in [0.2, 0.25) is 5.95 Å². The predicted octanol–water partition coefficient (Wildman–Crippen LogP) is 3.70. The summed E-state index contributed by atoms with van der Waals surface area (Å²) in [6.45, 7) is 6.13. The van der Waals surface area contributed by atoms with E-state index in [0.29, 0.717) is 36.4 Å². The number of aromatic amines is 1. The molecule has 6 rings (SSSR count). The van der Waals surface area contributed by atoms with Gasteiger partial charge in [0.15, 0.2) is 5.82 Å². The molecular weight excluding hydrogens is 464 g/mol. The van der Waals surface area contributed by atoms with Gasteiger partial charge in [-0.1, -0.05) is 0 Å². The summed E-state index contributed by atoms with van der Waals surface area (Å²) in [6, 6.07) is 12.0. The number of nitrogens with zero attached hydrogens (tertiary/aromatic N) is 6. The fourth-order valence-corrected chi connectivity index (χ4v) is 6.34. The number of aromatic nitrogens is 4. The Bertz CT molecular complexity index is 1280. The lowest BCUT2D eigenvalue weighted by Gasteiger charge is -2.38. The summed E-state index contributed by atoms with van der Waals surface area (Å²) in [5, 5.41) is 28.0. The monoisotopic (exact) mass is 500 g/mol. The van der Waals surface area contributed by atoms with Crippen molar-refractivity contribution < 1.29 is 0 Å². The zero-order chi connectivity index (χ0) is 25.4. The number of rotatable bonds is 9. The fraction of sp³-hybridized carbons (Fsp3) is 0.556. The number of piperidine rings is 1. The molecule has 194 valence electrons. The van der Waals surface area contributed by atoms with Crippen LogP contribution >= 0.6 is 0 Å². The molecule has 2 atom stereocenters. The highest BCUT2D eigenvalue weighted by Gasteiger charge is 2.40. The van der Waals surface area contributed by atoms with Crippen molar-refractivity contribution in [2.24, 2.45) is 5.92 Å². The molecule has 2 aromatic heterocycles. The molecule has 3 fully saturated rings. The lowest BCUT2D eigenvalue weighted by molar-refractivity contribution is 0.135. The molecule has 10 heteroatoms. The van der Waals surface area contributed by atoms with E-state index >= 15 is 0 Å². The van der Waals surface area contributed by atoms with Crippen molar-refractivity contribution in [3.05, 3.63) is 30.0 Å². The molecule has 10 nitrogen and oxygen atoms in total. The third-order valence-corrected chi connectivity index (χ3v) is 8.08. The first-order valence-corrected chi connectivity index (χ1v) is 13.5. The average Bonchev–Trinajstić information content (AvgIpc) is 3.37. The lowest BCUT2D eigenvalue weighted by Crippen LogP contribution is -2.47. The number of hydrogen-bond acceptors (Lipinski definition) is 9. The van der Waals surface area contributed by atoms with Crippen LogP contribution in [0.15, 0.2) is 24.3 Å². The quantitative estimate of drug-likeness (QED) is 0.348. The van der Waals surface area contributed by atoms with E-state index in [2.05, 4.69) is 67.3 Å². The average molecular weight is 501 g/mol. The Balaban J connectivity index is 1.23. The van der Waals surface area contributed by atoms with E-state index in [1.807, 2.05) is 13.0 Å². The molecule has 0 saturated carbocycles. The Kier molecular flexibility index (Phi) is 6.57. The molecule has 0 spiro atoms. The Morgan fingerprint density at radius 1 is 1.14 bits per heavy atom. The molecule has 4 N–H and O–H groups in total. The molecule has 1 aromatic carbocycles. The first kappa shape index (κ1) is 23.9. The minimum absolute atomic E-state index is 0.325. The summed E-state index contributed by atoms with van der Waals surface area (Å²) in [7, 11) is 2.16. The van der Waals surface area contributed by atoms with Gasteiger partial charge < -0.3 is 20.9 Å². The largest absolute Gasteiger partial charge is 0.385 e. The summed E-state index contributed by atoms with van der Waals surface area (Å²) >= 11 is 0. The summed E-state index contributed by atoms with van der Waals surface area (Å²) < 4.78 is 0. The zero-order valence-electron chi connectivity index (χ0n) is 21.7. The number of nitriles is 1. The minimum Gasteiger partial charge on any atom is -0.385 e. The lowest BCUT2D eigenvalue weighted by atomic mass is 9.97. The van der Waals surface area contributed by atoms with Crippen LogP contribution in [-0.2, 0) is 0 Å². The topological polar surface area (TPSA) is 121 Å². The molecule has 2 bridgehead atoms. The van der Waals surface area contributed by atoms with Crippen LogP contribution in [0, 0.1) is 24.2 Å². The van der Waals surface area contributed by atoms with Crippen LogP contribution in [0.5, 0.6) is 0 Å². The summed E-state index contributed by atoms with van der Waals surface area (Å²) in [5.74, 6) is 2.83. The minimum atomic E-state index is 0.325. The van der Waals surface area contributed by atoms with Gasteiger partial charge in [-0.25, -0.2) is 4.98 Å². The molecule has 0 radical (unpaired) electrons. The van der Waals surface area contributed by atoms with Crippen LogP contribution in [0.3, 0.4) is 0 Å². The number of likely N-dealkylation sites (tertiary alicyclic amines) is 1. The number of H-pyrrole nitrogens is 1. The van der Waals surface area contributed by atoms with Crippen molar-refractivity contribution in [3.8, 4) is 6.07 Å². The first-order valence-electron chi connectivity index (χ1n) is 13.5. The number of benzene rings is 1. The van der Waals surface area contributed by atoms with E-state index in [9.17, 15) is 0 Å². The predicted molar refractivity (Wildman–Crippen MR) is 146 cm³/mol. The number of aryl methyl sites for hydroxylation is 1. The van der Waals surface area contributed by atoms with Crippen molar-refractivity contribution in [3.63, 3.8) is 0 Å². The Morgan fingerprint density at radius 2 is 1.95 bits per heavy atom. The third-order valence-electron chi connectivity index (χ3n) is 8.08. The maximum atomic E-state index is 9.04. The van der Waals surface area contributed by atoms with E-state index in [4.69, 9.17) is 15.2 Å². The van der Waals surface area contributed by atoms with Crippen molar-refractivity contribution in [1.82, 2.24) is 30.0 Å². The highest BCUT2D eigenvalue weighted by Crippen LogP contribution is 2.37. The molecule has 3 aromatic rings. The van der Waals surface area contributed by atoms with Gasteiger partial charge in [0.1, 0.15) is 5.82 Å². The molecule has 2 unspecified atom stereocenters. The molecule has 5 heterocycles. The molecule has 3 saturated heterocycles. The zero-order valence-corrected chi connectivity index (χ0v) is 21.7.